The van der Waals surface area contributed by atoms with E-state index < -0.39 is 5.54 Å². The van der Waals surface area contributed by atoms with Crippen LogP contribution in [0.5, 0.6) is 0 Å². The molecule has 104 valence electrons. The normalized spacial score (nSPS) is 24.1. The first-order valence-corrected chi connectivity index (χ1v) is 6.88. The minimum atomic E-state index is -0.860. The van der Waals surface area contributed by atoms with E-state index in [1.165, 1.54) is 0 Å². The molecule has 0 radical (unpaired) electrons. The van der Waals surface area contributed by atoms with Gasteiger partial charge >= 0.3 is 0 Å². The molecule has 0 aromatic heterocycles. The molecule has 0 bridgehead atoms. The number of amides is 1. The molecule has 1 fully saturated rings. The van der Waals surface area contributed by atoms with Crippen molar-refractivity contribution in [1.29, 1.82) is 0 Å². The average Bonchev–Trinajstić information content (AvgIpc) is 2.87. The van der Waals surface area contributed by atoms with Crippen LogP contribution in [0.3, 0.4) is 0 Å². The van der Waals surface area contributed by atoms with E-state index in [1.54, 1.807) is 0 Å². The third-order valence-electron chi connectivity index (χ3n) is 3.59. The molecular weight excluding hydrogens is 240 g/mol. The van der Waals surface area contributed by atoms with Crippen LogP contribution in [0.1, 0.15) is 37.8 Å². The predicted octanol–water partition coefficient (Wildman–Crippen LogP) is 1.76. The first-order valence-electron chi connectivity index (χ1n) is 6.88. The maximum Gasteiger partial charge on any atom is 0.243 e. The summed E-state index contributed by atoms with van der Waals surface area (Å²) in [4.78, 5) is 12.3. The van der Waals surface area contributed by atoms with E-state index in [4.69, 9.17) is 10.5 Å². The Morgan fingerprint density at radius 2 is 2.21 bits per heavy atom. The quantitative estimate of drug-likeness (QED) is 0.850. The van der Waals surface area contributed by atoms with Crippen LogP contribution in [0.2, 0.25) is 0 Å². The fourth-order valence-electron chi connectivity index (χ4n) is 2.36. The van der Waals surface area contributed by atoms with Gasteiger partial charge in [0.2, 0.25) is 5.91 Å². The van der Waals surface area contributed by atoms with Crippen LogP contribution in [-0.4, -0.2) is 24.7 Å². The molecule has 3 N–H and O–H groups in total. The summed E-state index contributed by atoms with van der Waals surface area (Å²) < 4.78 is 5.24. The highest BCUT2D eigenvalue weighted by Crippen LogP contribution is 2.21. The van der Waals surface area contributed by atoms with Gasteiger partial charge in [-0.15, -0.1) is 0 Å². The molecular formula is C15H22N2O2. The van der Waals surface area contributed by atoms with Crippen molar-refractivity contribution in [2.45, 2.75) is 37.8 Å². The van der Waals surface area contributed by atoms with Crippen molar-refractivity contribution in [2.24, 2.45) is 5.73 Å². The molecule has 0 spiro atoms. The molecule has 1 amide bonds. The molecule has 1 aliphatic heterocycles. The fraction of sp³-hybridized carbons (Fsp3) is 0.533. The first kappa shape index (κ1) is 14.0. The molecule has 2 atom stereocenters. The Kier molecular flexibility index (Phi) is 4.56. The molecule has 1 aromatic rings. The number of carbonyl (C=O) groups excluding carboxylic acids is 1. The molecule has 1 aliphatic rings. The zero-order chi connectivity index (χ0) is 13.7. The van der Waals surface area contributed by atoms with E-state index in [0.29, 0.717) is 19.6 Å². The lowest BCUT2D eigenvalue weighted by atomic mass is 9.96. The van der Waals surface area contributed by atoms with Crippen LogP contribution in [0.25, 0.3) is 0 Å². The Bertz CT molecular complexity index is 413. The van der Waals surface area contributed by atoms with Crippen LogP contribution in [-0.2, 0) is 9.53 Å². The molecule has 4 nitrogen and oxygen atoms in total. The van der Waals surface area contributed by atoms with Gasteiger partial charge in [-0.05, 0) is 18.4 Å². The van der Waals surface area contributed by atoms with E-state index >= 15 is 0 Å². The molecule has 2 rings (SSSR count). The number of benzene rings is 1. The van der Waals surface area contributed by atoms with Crippen LogP contribution < -0.4 is 11.1 Å². The van der Waals surface area contributed by atoms with Crippen LogP contribution in [0.4, 0.5) is 0 Å². The molecule has 4 heteroatoms. The average molecular weight is 262 g/mol. The Morgan fingerprint density at radius 3 is 2.79 bits per heavy atom. The largest absolute Gasteiger partial charge is 0.379 e. The monoisotopic (exact) mass is 262 g/mol. The van der Waals surface area contributed by atoms with Crippen molar-refractivity contribution in [3.63, 3.8) is 0 Å². The van der Waals surface area contributed by atoms with Crippen molar-refractivity contribution in [3.05, 3.63) is 35.9 Å². The highest BCUT2D eigenvalue weighted by molar-refractivity contribution is 5.86. The Balaban J connectivity index is 2.06. The number of nitrogens with two attached hydrogens (primary N) is 1. The Hall–Kier alpha value is -1.39. The summed E-state index contributed by atoms with van der Waals surface area (Å²) in [7, 11) is 0. The maximum atomic E-state index is 12.3. The second-order valence-electron chi connectivity index (χ2n) is 5.18. The van der Waals surface area contributed by atoms with Gasteiger partial charge in [0.15, 0.2) is 0 Å². The molecule has 2 unspecified atom stereocenters. The SMILES string of the molecule is CCCC(NC(=O)C1(N)CCOC1)c1ccccc1. The standard InChI is InChI=1S/C15H22N2O2/c1-2-6-13(12-7-4-3-5-8-12)17-14(18)15(16)9-10-19-11-15/h3-5,7-8,13H,2,6,9-11,16H2,1H3,(H,17,18). The number of carbonyl (C=O) groups is 1. The summed E-state index contributed by atoms with van der Waals surface area (Å²) in [5.74, 6) is -0.104. The third kappa shape index (κ3) is 3.33. The van der Waals surface area contributed by atoms with Crippen molar-refractivity contribution in [2.75, 3.05) is 13.2 Å². The van der Waals surface area contributed by atoms with Crippen LogP contribution in [0.15, 0.2) is 30.3 Å². The summed E-state index contributed by atoms with van der Waals surface area (Å²) in [6.45, 7) is 2.99. The van der Waals surface area contributed by atoms with Crippen molar-refractivity contribution in [3.8, 4) is 0 Å². The third-order valence-corrected chi connectivity index (χ3v) is 3.59. The number of hydrogen-bond donors (Lipinski definition) is 2. The number of rotatable bonds is 5. The van der Waals surface area contributed by atoms with E-state index in [-0.39, 0.29) is 11.9 Å². The van der Waals surface area contributed by atoms with E-state index in [1.807, 2.05) is 30.3 Å². The molecule has 0 aliphatic carbocycles. The highest BCUT2D eigenvalue weighted by atomic mass is 16.5. The summed E-state index contributed by atoms with van der Waals surface area (Å²) in [5.41, 5.74) is 6.35. The molecule has 1 heterocycles. The van der Waals surface area contributed by atoms with Gasteiger partial charge < -0.3 is 15.8 Å². The van der Waals surface area contributed by atoms with Crippen LogP contribution >= 0.6 is 0 Å². The fourth-order valence-corrected chi connectivity index (χ4v) is 2.36. The van der Waals surface area contributed by atoms with Gasteiger partial charge in [0.25, 0.3) is 0 Å². The van der Waals surface area contributed by atoms with Gasteiger partial charge in [-0.25, -0.2) is 0 Å². The predicted molar refractivity (Wildman–Crippen MR) is 74.6 cm³/mol. The highest BCUT2D eigenvalue weighted by Gasteiger charge is 2.39. The summed E-state index contributed by atoms with van der Waals surface area (Å²) in [6, 6.07) is 10.1. The number of hydrogen-bond acceptors (Lipinski definition) is 3. The summed E-state index contributed by atoms with van der Waals surface area (Å²) in [6.07, 6.45) is 2.51. The molecule has 1 saturated heterocycles. The lowest BCUT2D eigenvalue weighted by Gasteiger charge is -2.26. The van der Waals surface area contributed by atoms with Gasteiger partial charge in [-0.3, -0.25) is 4.79 Å². The first-order chi connectivity index (χ1) is 9.15. The summed E-state index contributed by atoms with van der Waals surface area (Å²) >= 11 is 0. The molecule has 19 heavy (non-hydrogen) atoms. The minimum absolute atomic E-state index is 0.0275. The zero-order valence-electron chi connectivity index (χ0n) is 11.4. The summed E-state index contributed by atoms with van der Waals surface area (Å²) in [5, 5.41) is 3.07. The Labute approximate surface area is 114 Å². The van der Waals surface area contributed by atoms with Crippen molar-refractivity contribution in [1.82, 2.24) is 5.32 Å². The van der Waals surface area contributed by atoms with Gasteiger partial charge in [0, 0.05) is 6.61 Å². The minimum Gasteiger partial charge on any atom is -0.379 e. The van der Waals surface area contributed by atoms with E-state index in [9.17, 15) is 4.79 Å². The van der Waals surface area contributed by atoms with Gasteiger partial charge in [-0.1, -0.05) is 43.7 Å². The lowest BCUT2D eigenvalue weighted by molar-refractivity contribution is -0.127. The van der Waals surface area contributed by atoms with E-state index in [2.05, 4.69) is 12.2 Å². The second kappa shape index (κ2) is 6.17. The van der Waals surface area contributed by atoms with Gasteiger partial charge in [-0.2, -0.15) is 0 Å². The maximum absolute atomic E-state index is 12.3. The molecule has 0 saturated carbocycles. The topological polar surface area (TPSA) is 64.4 Å². The smallest absolute Gasteiger partial charge is 0.243 e. The van der Waals surface area contributed by atoms with Crippen molar-refractivity contribution < 1.29 is 9.53 Å². The number of ether oxygens (including phenoxy) is 1. The zero-order valence-corrected chi connectivity index (χ0v) is 11.4. The van der Waals surface area contributed by atoms with Gasteiger partial charge in [0.05, 0.1) is 12.6 Å². The lowest BCUT2D eigenvalue weighted by Crippen LogP contribution is -2.55. The van der Waals surface area contributed by atoms with Crippen LogP contribution in [0, 0.1) is 0 Å². The molecule has 1 aromatic carbocycles. The van der Waals surface area contributed by atoms with Crippen molar-refractivity contribution >= 4 is 5.91 Å². The van der Waals surface area contributed by atoms with Gasteiger partial charge in [0.1, 0.15) is 5.54 Å². The number of nitrogens with one attached hydrogen (secondary N) is 1. The van der Waals surface area contributed by atoms with E-state index in [0.717, 1.165) is 18.4 Å². The Morgan fingerprint density at radius 1 is 1.47 bits per heavy atom. The second-order valence-corrected chi connectivity index (χ2v) is 5.18.